The van der Waals surface area contributed by atoms with Crippen LogP contribution in [-0.2, 0) is 19.6 Å². The summed E-state index contributed by atoms with van der Waals surface area (Å²) in [6.45, 7) is 0.689. The van der Waals surface area contributed by atoms with E-state index in [-0.39, 0.29) is 29.4 Å². The van der Waals surface area contributed by atoms with Crippen molar-refractivity contribution in [3.63, 3.8) is 0 Å². The van der Waals surface area contributed by atoms with Crippen molar-refractivity contribution in [2.45, 2.75) is 10.9 Å². The molecular weight excluding hydrogens is 338 g/mol. The Balaban J connectivity index is 1.85. The van der Waals surface area contributed by atoms with Crippen LogP contribution in [0.25, 0.3) is 0 Å². The van der Waals surface area contributed by atoms with Crippen LogP contribution in [0.5, 0.6) is 0 Å². The zero-order valence-corrected chi connectivity index (χ0v) is 14.8. The van der Waals surface area contributed by atoms with Gasteiger partial charge < -0.3 is 10.1 Å². The number of ether oxygens (including phenoxy) is 1. The molecule has 0 radical (unpaired) electrons. The van der Waals surface area contributed by atoms with Gasteiger partial charge in [-0.3, -0.25) is 9.78 Å². The molecule has 0 saturated carbocycles. The number of carbonyl (C=O) groups excluding carboxylic acids is 1. The Labute approximate surface area is 140 Å². The Morgan fingerprint density at radius 2 is 2.09 bits per heavy atom. The van der Waals surface area contributed by atoms with Gasteiger partial charge in [-0.25, -0.2) is 12.7 Å². The van der Waals surface area contributed by atoms with E-state index in [9.17, 15) is 13.2 Å². The van der Waals surface area contributed by atoms with E-state index in [1.807, 2.05) is 12.1 Å². The first-order chi connectivity index (χ1) is 10.9. The molecule has 0 bridgehead atoms. The first-order valence-corrected chi connectivity index (χ1v) is 9.78. The molecule has 1 aromatic rings. The number of hydrogen-bond acceptors (Lipinski definition) is 6. The summed E-state index contributed by atoms with van der Waals surface area (Å²) in [5, 5.41) is 2.88. The van der Waals surface area contributed by atoms with Crippen LogP contribution in [0.15, 0.2) is 29.4 Å². The highest BCUT2D eigenvalue weighted by molar-refractivity contribution is 8.00. The predicted molar refractivity (Wildman–Crippen MR) is 88.7 cm³/mol. The van der Waals surface area contributed by atoms with Gasteiger partial charge in [0, 0.05) is 37.3 Å². The largest absolute Gasteiger partial charge is 0.379 e. The molecule has 1 saturated heterocycles. The van der Waals surface area contributed by atoms with Crippen molar-refractivity contribution >= 4 is 27.7 Å². The maximum Gasteiger partial charge on any atom is 0.230 e. The lowest BCUT2D eigenvalue weighted by molar-refractivity contribution is -0.119. The summed E-state index contributed by atoms with van der Waals surface area (Å²) < 4.78 is 30.5. The third-order valence-electron chi connectivity index (χ3n) is 3.55. The van der Waals surface area contributed by atoms with E-state index in [0.29, 0.717) is 13.2 Å². The first kappa shape index (κ1) is 18.2. The van der Waals surface area contributed by atoms with Crippen molar-refractivity contribution in [2.24, 2.45) is 5.92 Å². The van der Waals surface area contributed by atoms with Crippen molar-refractivity contribution in [2.75, 3.05) is 38.8 Å². The fraction of sp³-hybridized carbons (Fsp3) is 0.571. The van der Waals surface area contributed by atoms with Gasteiger partial charge in [0.1, 0.15) is 0 Å². The van der Waals surface area contributed by atoms with Gasteiger partial charge >= 0.3 is 0 Å². The van der Waals surface area contributed by atoms with Crippen LogP contribution in [0.4, 0.5) is 0 Å². The number of pyridine rings is 1. The van der Waals surface area contributed by atoms with Crippen LogP contribution in [0.3, 0.4) is 0 Å². The molecule has 1 aliphatic rings. The third-order valence-corrected chi connectivity index (χ3v) is 6.52. The Hall–Kier alpha value is -1.16. The van der Waals surface area contributed by atoms with Crippen LogP contribution in [0, 0.1) is 5.92 Å². The van der Waals surface area contributed by atoms with Gasteiger partial charge in [-0.1, -0.05) is 0 Å². The molecule has 1 N–H and O–H groups in total. The van der Waals surface area contributed by atoms with Crippen LogP contribution < -0.4 is 5.32 Å². The van der Waals surface area contributed by atoms with Crippen LogP contribution in [0.2, 0.25) is 0 Å². The second-order valence-electron chi connectivity index (χ2n) is 5.50. The lowest BCUT2D eigenvalue weighted by atomic mass is 10.1. The maximum atomic E-state index is 12.1. The van der Waals surface area contributed by atoms with Gasteiger partial charge in [-0.15, -0.1) is 11.8 Å². The molecule has 0 aliphatic carbocycles. The molecular formula is C14H21N3O4S2. The van der Waals surface area contributed by atoms with Gasteiger partial charge in [0.25, 0.3) is 0 Å². The molecule has 0 aromatic carbocycles. The zero-order valence-electron chi connectivity index (χ0n) is 13.1. The second-order valence-corrected chi connectivity index (χ2v) is 8.78. The molecule has 1 amide bonds. The first-order valence-electron chi connectivity index (χ1n) is 7.18. The number of amides is 1. The molecule has 1 fully saturated rings. The number of nitrogens with zero attached hydrogens (tertiary/aromatic N) is 2. The SMILES string of the molecule is CN(C)S(=O)(=O)C[C@@H]1COC[C@@H]1NC(=O)CSc1ccncc1. The van der Waals surface area contributed by atoms with E-state index < -0.39 is 10.0 Å². The summed E-state index contributed by atoms with van der Waals surface area (Å²) >= 11 is 1.41. The number of nitrogens with one attached hydrogen (secondary N) is 1. The monoisotopic (exact) mass is 359 g/mol. The second kappa shape index (κ2) is 8.09. The fourth-order valence-electron chi connectivity index (χ4n) is 2.17. The minimum Gasteiger partial charge on any atom is -0.379 e. The number of carbonyl (C=O) groups is 1. The summed E-state index contributed by atoms with van der Waals surface area (Å²) in [7, 11) is -0.308. The van der Waals surface area contributed by atoms with Crippen molar-refractivity contribution in [3.8, 4) is 0 Å². The Bertz CT molecular complexity index is 622. The Morgan fingerprint density at radius 3 is 2.74 bits per heavy atom. The summed E-state index contributed by atoms with van der Waals surface area (Å²) in [4.78, 5) is 16.9. The normalized spacial score (nSPS) is 21.5. The highest BCUT2D eigenvalue weighted by atomic mass is 32.2. The molecule has 128 valence electrons. The number of rotatable bonds is 7. The molecule has 2 heterocycles. The van der Waals surface area contributed by atoms with Crippen LogP contribution >= 0.6 is 11.8 Å². The molecule has 0 unspecified atom stereocenters. The molecule has 2 rings (SSSR count). The van der Waals surface area contributed by atoms with Crippen molar-refractivity contribution in [3.05, 3.63) is 24.5 Å². The molecule has 23 heavy (non-hydrogen) atoms. The summed E-state index contributed by atoms with van der Waals surface area (Å²) in [5.74, 6) is -0.109. The quantitative estimate of drug-likeness (QED) is 0.700. The third kappa shape index (κ3) is 5.45. The number of sulfonamides is 1. The molecule has 1 aromatic heterocycles. The van der Waals surface area contributed by atoms with Gasteiger partial charge in [-0.05, 0) is 12.1 Å². The van der Waals surface area contributed by atoms with Crippen molar-refractivity contribution in [1.29, 1.82) is 0 Å². The minimum atomic E-state index is -3.32. The lowest BCUT2D eigenvalue weighted by Gasteiger charge is -2.21. The average molecular weight is 359 g/mol. The fourth-order valence-corrected chi connectivity index (χ4v) is 4.04. The smallest absolute Gasteiger partial charge is 0.230 e. The van der Waals surface area contributed by atoms with Crippen molar-refractivity contribution < 1.29 is 17.9 Å². The summed E-state index contributed by atoms with van der Waals surface area (Å²) in [5.41, 5.74) is 0. The number of hydrogen-bond donors (Lipinski definition) is 1. The van der Waals surface area contributed by atoms with Gasteiger partial charge in [0.2, 0.25) is 15.9 Å². The van der Waals surface area contributed by atoms with Crippen LogP contribution in [0.1, 0.15) is 0 Å². The Morgan fingerprint density at radius 1 is 1.39 bits per heavy atom. The Kier molecular flexibility index (Phi) is 6.40. The van der Waals surface area contributed by atoms with E-state index >= 15 is 0 Å². The maximum absolute atomic E-state index is 12.1. The van der Waals surface area contributed by atoms with Gasteiger partial charge in [-0.2, -0.15) is 0 Å². The molecule has 9 heteroatoms. The number of aromatic nitrogens is 1. The van der Waals surface area contributed by atoms with Gasteiger partial charge in [0.05, 0.1) is 30.8 Å². The van der Waals surface area contributed by atoms with E-state index in [2.05, 4.69) is 10.3 Å². The van der Waals surface area contributed by atoms with E-state index in [1.54, 1.807) is 12.4 Å². The number of thioether (sulfide) groups is 1. The zero-order chi connectivity index (χ0) is 16.9. The van der Waals surface area contributed by atoms with E-state index in [0.717, 1.165) is 4.90 Å². The molecule has 0 spiro atoms. The summed E-state index contributed by atoms with van der Waals surface area (Å²) in [6.07, 6.45) is 3.35. The van der Waals surface area contributed by atoms with Crippen molar-refractivity contribution in [1.82, 2.24) is 14.6 Å². The van der Waals surface area contributed by atoms with Gasteiger partial charge in [0.15, 0.2) is 0 Å². The standard InChI is InChI=1S/C14H21N3O4S2/c1-17(2)23(19,20)10-11-7-21-8-13(11)16-14(18)9-22-12-3-5-15-6-4-12/h3-6,11,13H,7-10H2,1-2H3,(H,16,18)/t11-,13-/m0/s1. The highest BCUT2D eigenvalue weighted by Gasteiger charge is 2.34. The van der Waals surface area contributed by atoms with E-state index in [4.69, 9.17) is 4.74 Å². The highest BCUT2D eigenvalue weighted by Crippen LogP contribution is 2.19. The molecule has 1 aliphatic heterocycles. The minimum absolute atomic E-state index is 0.0254. The van der Waals surface area contributed by atoms with Crippen LogP contribution in [-0.4, -0.2) is 68.5 Å². The average Bonchev–Trinajstić information content (AvgIpc) is 2.92. The molecule has 2 atom stereocenters. The lowest BCUT2D eigenvalue weighted by Crippen LogP contribution is -2.44. The predicted octanol–water partition coefficient (Wildman–Crippen LogP) is 0.196. The van der Waals surface area contributed by atoms with E-state index in [1.165, 1.54) is 30.2 Å². The topological polar surface area (TPSA) is 88.6 Å². The summed E-state index contributed by atoms with van der Waals surface area (Å²) in [6, 6.07) is 3.40. The molecule has 7 nitrogen and oxygen atoms in total.